The van der Waals surface area contributed by atoms with Crippen LogP contribution in [0.2, 0.25) is 0 Å². The number of nitrogens with zero attached hydrogens (tertiary/aromatic N) is 3. The van der Waals surface area contributed by atoms with Gasteiger partial charge < -0.3 is 5.32 Å². The molecule has 0 radical (unpaired) electrons. The second-order valence-corrected chi connectivity index (χ2v) is 4.95. The number of aromatic nitrogens is 3. The van der Waals surface area contributed by atoms with Gasteiger partial charge in [0.2, 0.25) is 0 Å². The van der Waals surface area contributed by atoms with E-state index in [0.717, 1.165) is 13.1 Å². The molecule has 1 atom stereocenters. The van der Waals surface area contributed by atoms with Crippen LogP contribution in [0.4, 0.5) is 0 Å². The molecule has 0 aliphatic heterocycles. The second kappa shape index (κ2) is 6.81. The zero-order valence-corrected chi connectivity index (χ0v) is 11.8. The number of rotatable bonds is 6. The van der Waals surface area contributed by atoms with Gasteiger partial charge in [0.15, 0.2) is 0 Å². The molecule has 1 N–H and O–H groups in total. The lowest BCUT2D eigenvalue weighted by molar-refractivity contribution is 0.436. The Hall–Kier alpha value is -2.46. The summed E-state index contributed by atoms with van der Waals surface area (Å²) < 4.78 is 1.86. The van der Waals surface area contributed by atoms with E-state index in [4.69, 9.17) is 0 Å². The Kier molecular flexibility index (Phi) is 4.39. The van der Waals surface area contributed by atoms with Crippen molar-refractivity contribution in [3.63, 3.8) is 0 Å². The van der Waals surface area contributed by atoms with Crippen LogP contribution in [0, 0.1) is 0 Å². The molecular formula is C17H18N4. The van der Waals surface area contributed by atoms with Crippen molar-refractivity contribution in [2.24, 2.45) is 0 Å². The average molecular weight is 278 g/mol. The fraction of sp³-hybridized carbons (Fsp3) is 0.176. The molecule has 0 saturated carbocycles. The summed E-state index contributed by atoms with van der Waals surface area (Å²) in [5, 5.41) is 7.80. The van der Waals surface area contributed by atoms with E-state index < -0.39 is 0 Å². The topological polar surface area (TPSA) is 42.7 Å². The number of hydrogen-bond donors (Lipinski definition) is 1. The van der Waals surface area contributed by atoms with Gasteiger partial charge in [-0.25, -0.2) is 4.98 Å². The summed E-state index contributed by atoms with van der Waals surface area (Å²) in [7, 11) is 0. The summed E-state index contributed by atoms with van der Waals surface area (Å²) >= 11 is 0. The highest BCUT2D eigenvalue weighted by Crippen LogP contribution is 2.15. The Morgan fingerprint density at radius 2 is 1.67 bits per heavy atom. The SMILES string of the molecule is c1ccc(CN[C@@H](Cn2cncn2)c2ccccc2)cc1. The van der Waals surface area contributed by atoms with Crippen LogP contribution >= 0.6 is 0 Å². The zero-order valence-electron chi connectivity index (χ0n) is 11.8. The molecule has 0 amide bonds. The lowest BCUT2D eigenvalue weighted by atomic mass is 10.1. The largest absolute Gasteiger partial charge is 0.304 e. The van der Waals surface area contributed by atoms with Gasteiger partial charge in [0.1, 0.15) is 12.7 Å². The normalized spacial score (nSPS) is 12.2. The Bertz CT molecular complexity index is 635. The van der Waals surface area contributed by atoms with E-state index in [1.165, 1.54) is 11.1 Å². The molecule has 4 heteroatoms. The Labute approximate surface area is 124 Å². The van der Waals surface area contributed by atoms with Crippen LogP contribution in [0.25, 0.3) is 0 Å². The van der Waals surface area contributed by atoms with E-state index in [-0.39, 0.29) is 6.04 Å². The molecule has 2 aromatic carbocycles. The molecule has 3 aromatic rings. The fourth-order valence-electron chi connectivity index (χ4n) is 2.32. The lowest BCUT2D eigenvalue weighted by Crippen LogP contribution is -2.25. The Morgan fingerprint density at radius 3 is 2.33 bits per heavy atom. The van der Waals surface area contributed by atoms with Gasteiger partial charge >= 0.3 is 0 Å². The fourth-order valence-corrected chi connectivity index (χ4v) is 2.32. The van der Waals surface area contributed by atoms with E-state index in [2.05, 4.69) is 63.9 Å². The van der Waals surface area contributed by atoms with Gasteiger partial charge in [0, 0.05) is 6.54 Å². The lowest BCUT2D eigenvalue weighted by Gasteiger charge is -2.19. The third-order valence-corrected chi connectivity index (χ3v) is 3.43. The van der Waals surface area contributed by atoms with Crippen LogP contribution in [0.5, 0.6) is 0 Å². The predicted molar refractivity (Wildman–Crippen MR) is 82.5 cm³/mol. The first-order chi connectivity index (χ1) is 10.4. The van der Waals surface area contributed by atoms with Crippen molar-refractivity contribution in [2.45, 2.75) is 19.1 Å². The molecule has 0 aliphatic carbocycles. The van der Waals surface area contributed by atoms with Crippen LogP contribution in [0.3, 0.4) is 0 Å². The summed E-state index contributed by atoms with van der Waals surface area (Å²) in [5.41, 5.74) is 2.53. The Morgan fingerprint density at radius 1 is 0.952 bits per heavy atom. The third kappa shape index (κ3) is 3.77. The molecule has 0 spiro atoms. The summed E-state index contributed by atoms with van der Waals surface area (Å²) in [4.78, 5) is 4.01. The third-order valence-electron chi connectivity index (χ3n) is 3.43. The van der Waals surface area contributed by atoms with Crippen molar-refractivity contribution < 1.29 is 0 Å². The van der Waals surface area contributed by atoms with Crippen molar-refractivity contribution >= 4 is 0 Å². The minimum absolute atomic E-state index is 0.202. The smallest absolute Gasteiger partial charge is 0.137 e. The first-order valence-electron chi connectivity index (χ1n) is 7.06. The molecule has 1 aromatic heterocycles. The molecule has 0 unspecified atom stereocenters. The summed E-state index contributed by atoms with van der Waals surface area (Å²) in [6, 6.07) is 21.1. The first-order valence-corrected chi connectivity index (χ1v) is 7.06. The monoisotopic (exact) mass is 278 g/mol. The van der Waals surface area contributed by atoms with Gasteiger partial charge in [-0.3, -0.25) is 4.68 Å². The molecule has 4 nitrogen and oxygen atoms in total. The summed E-state index contributed by atoms with van der Waals surface area (Å²) in [5.74, 6) is 0. The van der Waals surface area contributed by atoms with Crippen molar-refractivity contribution in [1.29, 1.82) is 0 Å². The van der Waals surface area contributed by atoms with E-state index >= 15 is 0 Å². The molecule has 0 aliphatic rings. The standard InChI is InChI=1S/C17H18N4/c1-3-7-15(8-4-1)11-19-17(12-21-14-18-13-20-21)16-9-5-2-6-10-16/h1-10,13-14,17,19H,11-12H2/t17-/m0/s1. The summed E-state index contributed by atoms with van der Waals surface area (Å²) in [6.45, 7) is 1.59. The highest BCUT2D eigenvalue weighted by Gasteiger charge is 2.11. The minimum atomic E-state index is 0.202. The molecular weight excluding hydrogens is 260 g/mol. The minimum Gasteiger partial charge on any atom is -0.304 e. The van der Waals surface area contributed by atoms with Crippen molar-refractivity contribution in [1.82, 2.24) is 20.1 Å². The molecule has 3 rings (SSSR count). The van der Waals surface area contributed by atoms with E-state index in [0.29, 0.717) is 0 Å². The molecule has 0 fully saturated rings. The van der Waals surface area contributed by atoms with Gasteiger partial charge in [-0.05, 0) is 11.1 Å². The van der Waals surface area contributed by atoms with Gasteiger partial charge in [0.05, 0.1) is 12.6 Å². The van der Waals surface area contributed by atoms with E-state index in [1.54, 1.807) is 12.7 Å². The van der Waals surface area contributed by atoms with E-state index in [1.807, 2.05) is 16.8 Å². The van der Waals surface area contributed by atoms with Crippen molar-refractivity contribution in [3.8, 4) is 0 Å². The molecule has 21 heavy (non-hydrogen) atoms. The van der Waals surface area contributed by atoms with Gasteiger partial charge in [0.25, 0.3) is 0 Å². The molecule has 0 bridgehead atoms. The zero-order chi connectivity index (χ0) is 14.3. The van der Waals surface area contributed by atoms with Crippen molar-refractivity contribution in [3.05, 3.63) is 84.4 Å². The molecule has 0 saturated heterocycles. The predicted octanol–water partition coefficient (Wildman–Crippen LogP) is 2.81. The second-order valence-electron chi connectivity index (χ2n) is 4.95. The molecule has 1 heterocycles. The van der Waals surface area contributed by atoms with Crippen LogP contribution in [0.1, 0.15) is 17.2 Å². The number of benzene rings is 2. The van der Waals surface area contributed by atoms with Crippen LogP contribution < -0.4 is 5.32 Å². The molecule has 106 valence electrons. The Balaban J connectivity index is 1.73. The maximum Gasteiger partial charge on any atom is 0.137 e. The van der Waals surface area contributed by atoms with Gasteiger partial charge in [-0.1, -0.05) is 60.7 Å². The van der Waals surface area contributed by atoms with Crippen LogP contribution in [-0.2, 0) is 13.1 Å². The average Bonchev–Trinajstić information content (AvgIpc) is 3.06. The van der Waals surface area contributed by atoms with E-state index in [9.17, 15) is 0 Å². The maximum absolute atomic E-state index is 4.20. The van der Waals surface area contributed by atoms with Crippen molar-refractivity contribution in [2.75, 3.05) is 0 Å². The van der Waals surface area contributed by atoms with Gasteiger partial charge in [-0.2, -0.15) is 5.10 Å². The highest BCUT2D eigenvalue weighted by atomic mass is 15.3. The maximum atomic E-state index is 4.20. The number of hydrogen-bond acceptors (Lipinski definition) is 3. The first kappa shape index (κ1) is 13.5. The quantitative estimate of drug-likeness (QED) is 0.754. The van der Waals surface area contributed by atoms with Crippen LogP contribution in [-0.4, -0.2) is 14.8 Å². The highest BCUT2D eigenvalue weighted by molar-refractivity contribution is 5.20. The van der Waals surface area contributed by atoms with Gasteiger partial charge in [-0.15, -0.1) is 0 Å². The van der Waals surface area contributed by atoms with Crippen LogP contribution in [0.15, 0.2) is 73.3 Å². The number of nitrogens with one attached hydrogen (secondary N) is 1. The summed E-state index contributed by atoms with van der Waals surface area (Å²) in [6.07, 6.45) is 3.32.